The van der Waals surface area contributed by atoms with Crippen LogP contribution in [0.3, 0.4) is 0 Å². The van der Waals surface area contributed by atoms with Crippen molar-refractivity contribution in [3.05, 3.63) is 33.6 Å². The normalized spacial score (nSPS) is 15.9. The summed E-state index contributed by atoms with van der Waals surface area (Å²) in [7, 11) is -3.86. The Morgan fingerprint density at radius 2 is 2.10 bits per heavy atom. The van der Waals surface area contributed by atoms with E-state index in [1.807, 2.05) is 0 Å². The quantitative estimate of drug-likeness (QED) is 0.666. The fraction of sp³-hybridized carbons (Fsp3) is 0.500. The number of benzene rings is 1. The minimum absolute atomic E-state index is 0.147. The van der Waals surface area contributed by atoms with Crippen molar-refractivity contribution in [1.82, 2.24) is 4.72 Å². The molecule has 8 heteroatoms. The summed E-state index contributed by atoms with van der Waals surface area (Å²) in [6.07, 6.45) is 3.05. The van der Waals surface area contributed by atoms with Crippen LogP contribution in [-0.4, -0.2) is 19.9 Å². The minimum atomic E-state index is -3.86. The molecule has 0 radical (unpaired) electrons. The third-order valence-corrected chi connectivity index (χ3v) is 5.08. The molecule has 1 N–H and O–H groups in total. The Bertz CT molecular complexity index is 641. The highest BCUT2D eigenvalue weighted by atomic mass is 32.2. The van der Waals surface area contributed by atoms with Gasteiger partial charge in [0.05, 0.1) is 9.82 Å². The summed E-state index contributed by atoms with van der Waals surface area (Å²) in [5.41, 5.74) is -0.686. The molecule has 1 aromatic carbocycles. The van der Waals surface area contributed by atoms with E-state index in [1.54, 1.807) is 0 Å². The van der Waals surface area contributed by atoms with E-state index >= 15 is 0 Å². The summed E-state index contributed by atoms with van der Waals surface area (Å²) in [6, 6.07) is 1.64. The van der Waals surface area contributed by atoms with Crippen molar-refractivity contribution in [2.24, 2.45) is 5.92 Å². The van der Waals surface area contributed by atoms with Crippen LogP contribution in [0.4, 0.5) is 10.1 Å². The highest BCUT2D eigenvalue weighted by Gasteiger charge is 2.26. The minimum Gasteiger partial charge on any atom is -0.258 e. The molecule has 0 atom stereocenters. The first-order valence-electron chi connectivity index (χ1n) is 6.25. The number of hydrogen-bond donors (Lipinski definition) is 1. The zero-order valence-corrected chi connectivity index (χ0v) is 11.7. The second kappa shape index (κ2) is 5.45. The Kier molecular flexibility index (Phi) is 4.05. The molecule has 2 rings (SSSR count). The third kappa shape index (κ3) is 2.96. The molecule has 0 spiro atoms. The summed E-state index contributed by atoms with van der Waals surface area (Å²) in [5, 5.41) is 10.7. The first kappa shape index (κ1) is 14.9. The first-order valence-corrected chi connectivity index (χ1v) is 7.74. The number of nitro groups is 1. The molecule has 0 unspecified atom stereocenters. The lowest BCUT2D eigenvalue weighted by Crippen LogP contribution is -2.32. The van der Waals surface area contributed by atoms with E-state index in [1.165, 1.54) is 6.92 Å². The van der Waals surface area contributed by atoms with Gasteiger partial charge in [-0.15, -0.1) is 0 Å². The number of aryl methyl sites for hydroxylation is 1. The molecule has 0 aromatic heterocycles. The largest absolute Gasteiger partial charge is 0.306 e. The predicted octanol–water partition coefficient (Wildman–Crippen LogP) is 2.12. The molecule has 1 saturated carbocycles. The highest BCUT2D eigenvalue weighted by molar-refractivity contribution is 7.89. The second-order valence-corrected chi connectivity index (χ2v) is 6.71. The number of sulfonamides is 1. The first-order chi connectivity index (χ1) is 9.31. The van der Waals surface area contributed by atoms with Crippen molar-refractivity contribution in [3.63, 3.8) is 0 Å². The molecule has 110 valence electrons. The van der Waals surface area contributed by atoms with Gasteiger partial charge in [-0.2, -0.15) is 4.39 Å². The molecule has 0 heterocycles. The fourth-order valence-corrected chi connectivity index (χ4v) is 3.43. The number of halogens is 1. The fourth-order valence-electron chi connectivity index (χ4n) is 2.07. The molecule has 0 aliphatic heterocycles. The highest BCUT2D eigenvalue weighted by Crippen LogP contribution is 2.27. The Labute approximate surface area is 116 Å². The van der Waals surface area contributed by atoms with Crippen LogP contribution in [0.15, 0.2) is 17.0 Å². The van der Waals surface area contributed by atoms with Gasteiger partial charge >= 0.3 is 5.69 Å². The average Bonchev–Trinajstić information content (AvgIpc) is 2.25. The Morgan fingerprint density at radius 3 is 2.60 bits per heavy atom. The van der Waals surface area contributed by atoms with Gasteiger partial charge in [0.1, 0.15) is 0 Å². The molecule has 6 nitrogen and oxygen atoms in total. The van der Waals surface area contributed by atoms with Crippen molar-refractivity contribution in [2.45, 2.75) is 31.1 Å². The van der Waals surface area contributed by atoms with E-state index in [-0.39, 0.29) is 10.5 Å². The molecular formula is C12H15FN2O4S. The summed E-state index contributed by atoms with van der Waals surface area (Å²) in [5.74, 6) is -0.717. The van der Waals surface area contributed by atoms with Crippen molar-refractivity contribution in [3.8, 4) is 0 Å². The van der Waals surface area contributed by atoms with Gasteiger partial charge in [0.2, 0.25) is 15.8 Å². The van der Waals surface area contributed by atoms with E-state index in [4.69, 9.17) is 0 Å². The molecule has 1 aliphatic rings. The van der Waals surface area contributed by atoms with Crippen LogP contribution < -0.4 is 4.72 Å². The lowest BCUT2D eigenvalue weighted by Gasteiger charge is -2.25. The summed E-state index contributed by atoms with van der Waals surface area (Å²) in [6.45, 7) is 1.72. The molecule has 20 heavy (non-hydrogen) atoms. The average molecular weight is 302 g/mol. The summed E-state index contributed by atoms with van der Waals surface area (Å²) in [4.78, 5) is 9.51. The topological polar surface area (TPSA) is 89.3 Å². The number of nitrogens with one attached hydrogen (secondary N) is 1. The van der Waals surface area contributed by atoms with E-state index < -0.39 is 26.5 Å². The third-order valence-electron chi connectivity index (χ3n) is 3.52. The van der Waals surface area contributed by atoms with Gasteiger partial charge in [-0.3, -0.25) is 10.1 Å². The van der Waals surface area contributed by atoms with E-state index in [0.717, 1.165) is 31.4 Å². The number of nitrogens with zero attached hydrogens (tertiary/aromatic N) is 1. The summed E-state index contributed by atoms with van der Waals surface area (Å²) >= 11 is 0. The maximum absolute atomic E-state index is 13.4. The maximum atomic E-state index is 13.4. The van der Waals surface area contributed by atoms with Crippen LogP contribution in [0.25, 0.3) is 0 Å². The molecule has 0 amide bonds. The molecule has 1 aliphatic carbocycles. The zero-order chi connectivity index (χ0) is 14.9. The molecular weight excluding hydrogens is 287 g/mol. The van der Waals surface area contributed by atoms with Crippen molar-refractivity contribution < 1.29 is 17.7 Å². The summed E-state index contributed by atoms with van der Waals surface area (Å²) < 4.78 is 40.1. The lowest BCUT2D eigenvalue weighted by molar-refractivity contribution is -0.387. The lowest BCUT2D eigenvalue weighted by atomic mass is 9.86. The van der Waals surface area contributed by atoms with E-state index in [0.29, 0.717) is 12.5 Å². The van der Waals surface area contributed by atoms with Gasteiger partial charge in [0, 0.05) is 12.6 Å². The maximum Gasteiger partial charge on any atom is 0.306 e. The van der Waals surface area contributed by atoms with Gasteiger partial charge in [0.15, 0.2) is 0 Å². The van der Waals surface area contributed by atoms with Gasteiger partial charge in [-0.05, 0) is 37.3 Å². The van der Waals surface area contributed by atoms with Crippen LogP contribution in [0.5, 0.6) is 0 Å². The van der Waals surface area contributed by atoms with E-state index in [9.17, 15) is 22.9 Å². The molecule has 0 bridgehead atoms. The predicted molar refractivity (Wildman–Crippen MR) is 70.3 cm³/mol. The zero-order valence-electron chi connectivity index (χ0n) is 10.9. The molecule has 1 fully saturated rings. The Morgan fingerprint density at radius 1 is 1.45 bits per heavy atom. The van der Waals surface area contributed by atoms with Crippen molar-refractivity contribution >= 4 is 15.7 Å². The van der Waals surface area contributed by atoms with Crippen LogP contribution in [0.2, 0.25) is 0 Å². The van der Waals surface area contributed by atoms with Crippen LogP contribution in [-0.2, 0) is 10.0 Å². The standard InChI is InChI=1S/C12H15FN2O4S/c1-8-5-10(13)11(15(16)17)6-12(8)20(18,19)14-7-9-3-2-4-9/h5-6,9,14H,2-4,7H2,1H3. The second-order valence-electron chi connectivity index (χ2n) is 4.98. The van der Waals surface area contributed by atoms with Gasteiger partial charge < -0.3 is 0 Å². The van der Waals surface area contributed by atoms with Crippen LogP contribution in [0, 0.1) is 28.8 Å². The molecule has 0 saturated heterocycles. The van der Waals surface area contributed by atoms with Gasteiger partial charge in [0.25, 0.3) is 0 Å². The Hall–Kier alpha value is -1.54. The Balaban J connectivity index is 2.29. The van der Waals surface area contributed by atoms with Gasteiger partial charge in [-0.25, -0.2) is 13.1 Å². The monoisotopic (exact) mass is 302 g/mol. The van der Waals surface area contributed by atoms with Crippen molar-refractivity contribution in [1.29, 1.82) is 0 Å². The van der Waals surface area contributed by atoms with Crippen molar-refractivity contribution in [2.75, 3.05) is 6.54 Å². The smallest absolute Gasteiger partial charge is 0.258 e. The van der Waals surface area contributed by atoms with Gasteiger partial charge in [-0.1, -0.05) is 6.42 Å². The SMILES string of the molecule is Cc1cc(F)c([N+](=O)[O-])cc1S(=O)(=O)NCC1CCC1. The van der Waals surface area contributed by atoms with Crippen LogP contribution in [0.1, 0.15) is 24.8 Å². The number of rotatable bonds is 5. The van der Waals surface area contributed by atoms with Crippen LogP contribution >= 0.6 is 0 Å². The van der Waals surface area contributed by atoms with E-state index in [2.05, 4.69) is 4.72 Å². The number of hydrogen-bond acceptors (Lipinski definition) is 4. The molecule has 1 aromatic rings. The number of nitro benzene ring substituents is 1.